The molecule has 1 fully saturated rings. The zero-order chi connectivity index (χ0) is 15.6. The van der Waals surface area contributed by atoms with Gasteiger partial charge in [0, 0.05) is 16.1 Å². The fourth-order valence-corrected chi connectivity index (χ4v) is 3.32. The Hall–Kier alpha value is -1.27. The highest BCUT2D eigenvalue weighted by atomic mass is 79.9. The standard InChI is InChI=1S/C15H16BrNO3S/c1-4-20-12-6-5-11(16)7-10(12)8-13-14(18)17(9(2)3)15(19)21-13/h5-9H,4H2,1-3H3/b13-8-. The van der Waals surface area contributed by atoms with Crippen LogP contribution < -0.4 is 4.74 Å². The quantitative estimate of drug-likeness (QED) is 0.742. The molecule has 112 valence electrons. The van der Waals surface area contributed by atoms with E-state index >= 15 is 0 Å². The van der Waals surface area contributed by atoms with Crippen LogP contribution >= 0.6 is 27.7 Å². The smallest absolute Gasteiger partial charge is 0.293 e. The molecule has 1 saturated heterocycles. The molecule has 0 spiro atoms. The fourth-order valence-electron chi connectivity index (χ4n) is 1.99. The number of rotatable bonds is 4. The third-order valence-corrected chi connectivity index (χ3v) is 4.28. The van der Waals surface area contributed by atoms with Crippen molar-refractivity contribution in [1.82, 2.24) is 4.90 Å². The van der Waals surface area contributed by atoms with Gasteiger partial charge in [0.25, 0.3) is 11.1 Å². The average molecular weight is 370 g/mol. The van der Waals surface area contributed by atoms with Gasteiger partial charge < -0.3 is 4.74 Å². The summed E-state index contributed by atoms with van der Waals surface area (Å²) < 4.78 is 6.44. The van der Waals surface area contributed by atoms with E-state index in [9.17, 15) is 9.59 Å². The Labute approximate surface area is 136 Å². The Morgan fingerprint density at radius 2 is 2.10 bits per heavy atom. The van der Waals surface area contributed by atoms with E-state index in [0.29, 0.717) is 17.3 Å². The van der Waals surface area contributed by atoms with Crippen molar-refractivity contribution in [2.75, 3.05) is 6.61 Å². The summed E-state index contributed by atoms with van der Waals surface area (Å²) in [7, 11) is 0. The zero-order valence-corrected chi connectivity index (χ0v) is 14.5. The maximum absolute atomic E-state index is 12.3. The number of benzene rings is 1. The molecule has 0 bridgehead atoms. The van der Waals surface area contributed by atoms with Gasteiger partial charge in [0.15, 0.2) is 0 Å². The Bertz CT molecular complexity index is 613. The second kappa shape index (κ2) is 6.66. The predicted molar refractivity (Wildman–Crippen MR) is 88.3 cm³/mol. The fraction of sp³-hybridized carbons (Fsp3) is 0.333. The lowest BCUT2D eigenvalue weighted by molar-refractivity contribution is -0.123. The SMILES string of the molecule is CCOc1ccc(Br)cc1/C=C1\SC(=O)N(C(C)C)C1=O. The van der Waals surface area contributed by atoms with E-state index in [2.05, 4.69) is 15.9 Å². The van der Waals surface area contributed by atoms with Gasteiger partial charge in [0.2, 0.25) is 0 Å². The summed E-state index contributed by atoms with van der Waals surface area (Å²) in [5.74, 6) is 0.444. The van der Waals surface area contributed by atoms with Crippen molar-refractivity contribution in [2.45, 2.75) is 26.8 Å². The Morgan fingerprint density at radius 3 is 2.67 bits per heavy atom. The van der Waals surface area contributed by atoms with Crippen LogP contribution in [0, 0.1) is 0 Å². The molecule has 0 aliphatic carbocycles. The van der Waals surface area contributed by atoms with Gasteiger partial charge in [0.1, 0.15) is 5.75 Å². The maximum Gasteiger partial charge on any atom is 0.293 e. The number of imide groups is 1. The number of hydrogen-bond acceptors (Lipinski definition) is 4. The van der Waals surface area contributed by atoms with E-state index in [1.165, 1.54) is 4.90 Å². The Morgan fingerprint density at radius 1 is 1.38 bits per heavy atom. The molecule has 2 amide bonds. The topological polar surface area (TPSA) is 46.6 Å². The van der Waals surface area contributed by atoms with Gasteiger partial charge in [0.05, 0.1) is 11.5 Å². The summed E-state index contributed by atoms with van der Waals surface area (Å²) in [6, 6.07) is 5.44. The van der Waals surface area contributed by atoms with Gasteiger partial charge in [-0.05, 0) is 56.8 Å². The number of carbonyl (C=O) groups excluding carboxylic acids is 2. The third-order valence-electron chi connectivity index (χ3n) is 2.90. The Kier molecular flexibility index (Phi) is 5.11. The lowest BCUT2D eigenvalue weighted by Gasteiger charge is -2.16. The van der Waals surface area contributed by atoms with Crippen LogP contribution in [0.3, 0.4) is 0 Å². The molecule has 1 aromatic carbocycles. The van der Waals surface area contributed by atoms with E-state index in [0.717, 1.165) is 21.8 Å². The normalized spacial score (nSPS) is 17.2. The van der Waals surface area contributed by atoms with Crippen molar-refractivity contribution in [3.8, 4) is 5.75 Å². The highest BCUT2D eigenvalue weighted by molar-refractivity contribution is 9.10. The van der Waals surface area contributed by atoms with Crippen LogP contribution in [0.1, 0.15) is 26.3 Å². The molecule has 0 saturated carbocycles. The van der Waals surface area contributed by atoms with Gasteiger partial charge in [-0.25, -0.2) is 0 Å². The van der Waals surface area contributed by atoms with E-state index in [4.69, 9.17) is 4.74 Å². The van der Waals surface area contributed by atoms with Crippen LogP contribution in [0.25, 0.3) is 6.08 Å². The van der Waals surface area contributed by atoms with E-state index in [-0.39, 0.29) is 17.2 Å². The van der Waals surface area contributed by atoms with Gasteiger partial charge in [-0.2, -0.15) is 0 Å². The molecule has 0 aromatic heterocycles. The van der Waals surface area contributed by atoms with Crippen molar-refractivity contribution >= 4 is 44.9 Å². The monoisotopic (exact) mass is 369 g/mol. The summed E-state index contributed by atoms with van der Waals surface area (Å²) in [4.78, 5) is 25.9. The van der Waals surface area contributed by atoms with Crippen molar-refractivity contribution in [2.24, 2.45) is 0 Å². The van der Waals surface area contributed by atoms with Crippen LogP contribution in [0.15, 0.2) is 27.6 Å². The molecule has 1 aliphatic heterocycles. The molecule has 0 radical (unpaired) electrons. The molecule has 0 atom stereocenters. The number of nitrogens with zero attached hydrogens (tertiary/aromatic N) is 1. The van der Waals surface area contributed by atoms with Crippen molar-refractivity contribution in [3.05, 3.63) is 33.1 Å². The molecule has 0 N–H and O–H groups in total. The number of carbonyl (C=O) groups is 2. The summed E-state index contributed by atoms with van der Waals surface area (Å²) >= 11 is 4.37. The molecular formula is C15H16BrNO3S. The largest absolute Gasteiger partial charge is 0.493 e. The number of amides is 2. The minimum Gasteiger partial charge on any atom is -0.493 e. The number of halogens is 1. The van der Waals surface area contributed by atoms with Gasteiger partial charge in [-0.15, -0.1) is 0 Å². The number of thioether (sulfide) groups is 1. The van der Waals surface area contributed by atoms with Gasteiger partial charge in [-0.3, -0.25) is 14.5 Å². The molecule has 21 heavy (non-hydrogen) atoms. The summed E-state index contributed by atoms with van der Waals surface area (Å²) in [6.45, 7) is 6.09. The van der Waals surface area contributed by atoms with Crippen molar-refractivity contribution < 1.29 is 14.3 Å². The second-order valence-electron chi connectivity index (χ2n) is 4.76. The summed E-state index contributed by atoms with van der Waals surface area (Å²) in [5.41, 5.74) is 0.778. The van der Waals surface area contributed by atoms with Crippen LogP contribution in [0.2, 0.25) is 0 Å². The van der Waals surface area contributed by atoms with E-state index in [1.807, 2.05) is 39.0 Å². The molecule has 4 nitrogen and oxygen atoms in total. The Balaban J connectivity index is 2.38. The van der Waals surface area contributed by atoms with Gasteiger partial charge >= 0.3 is 0 Å². The first-order chi connectivity index (χ1) is 9.93. The van der Waals surface area contributed by atoms with Gasteiger partial charge in [-0.1, -0.05) is 15.9 Å². The number of ether oxygens (including phenoxy) is 1. The van der Waals surface area contributed by atoms with E-state index < -0.39 is 0 Å². The van der Waals surface area contributed by atoms with Crippen LogP contribution in [-0.4, -0.2) is 28.7 Å². The first kappa shape index (κ1) is 16.1. The summed E-state index contributed by atoms with van der Waals surface area (Å²) in [5, 5.41) is -0.228. The van der Waals surface area contributed by atoms with Crippen LogP contribution in [-0.2, 0) is 4.79 Å². The first-order valence-corrected chi connectivity index (χ1v) is 8.24. The highest BCUT2D eigenvalue weighted by Gasteiger charge is 2.36. The molecule has 2 rings (SSSR count). The molecule has 1 aromatic rings. The molecule has 1 heterocycles. The molecule has 6 heteroatoms. The predicted octanol–water partition coefficient (Wildman–Crippen LogP) is 4.29. The maximum atomic E-state index is 12.3. The highest BCUT2D eigenvalue weighted by Crippen LogP contribution is 2.35. The first-order valence-electron chi connectivity index (χ1n) is 6.63. The number of hydrogen-bond donors (Lipinski definition) is 0. The van der Waals surface area contributed by atoms with Crippen LogP contribution in [0.5, 0.6) is 5.75 Å². The third kappa shape index (κ3) is 3.49. The zero-order valence-electron chi connectivity index (χ0n) is 12.1. The van der Waals surface area contributed by atoms with E-state index in [1.54, 1.807) is 6.08 Å². The van der Waals surface area contributed by atoms with Crippen molar-refractivity contribution in [3.63, 3.8) is 0 Å². The van der Waals surface area contributed by atoms with Crippen molar-refractivity contribution in [1.29, 1.82) is 0 Å². The lowest BCUT2D eigenvalue weighted by Crippen LogP contribution is -2.34. The second-order valence-corrected chi connectivity index (χ2v) is 6.67. The minimum atomic E-state index is -0.248. The molecule has 1 aliphatic rings. The molecule has 0 unspecified atom stereocenters. The lowest BCUT2D eigenvalue weighted by atomic mass is 10.2. The van der Waals surface area contributed by atoms with Crippen LogP contribution in [0.4, 0.5) is 4.79 Å². The minimum absolute atomic E-state index is 0.141. The average Bonchev–Trinajstić information content (AvgIpc) is 2.68. The summed E-state index contributed by atoms with van der Waals surface area (Å²) in [6.07, 6.45) is 1.71. The molecular weight excluding hydrogens is 354 g/mol.